The van der Waals surface area contributed by atoms with Crippen molar-refractivity contribution in [1.29, 1.82) is 0 Å². The molecule has 2 amide bonds. The van der Waals surface area contributed by atoms with E-state index in [2.05, 4.69) is 12.2 Å². The van der Waals surface area contributed by atoms with E-state index < -0.39 is 17.6 Å². The van der Waals surface area contributed by atoms with Gasteiger partial charge in [0.05, 0.1) is 37.4 Å². The summed E-state index contributed by atoms with van der Waals surface area (Å²) in [5.41, 5.74) is -1.07. The molecule has 1 aromatic rings. The topological polar surface area (TPSA) is 53.9 Å². The number of halogens is 3. The van der Waals surface area contributed by atoms with Gasteiger partial charge >= 0.3 is 6.18 Å². The van der Waals surface area contributed by atoms with Gasteiger partial charge in [-0.2, -0.15) is 13.2 Å². The molecule has 0 unspecified atom stereocenters. The molecular weight excluding hydrogens is 347 g/mol. The molecular formula is C18H23F3N3O2+. The van der Waals surface area contributed by atoms with Crippen molar-refractivity contribution in [2.24, 2.45) is 11.8 Å². The second-order valence-corrected chi connectivity index (χ2v) is 7.16. The number of benzene rings is 1. The lowest BCUT2D eigenvalue weighted by Crippen LogP contribution is -3.15. The Labute approximate surface area is 150 Å². The van der Waals surface area contributed by atoms with Gasteiger partial charge in [0.15, 0.2) is 6.54 Å². The van der Waals surface area contributed by atoms with Crippen molar-refractivity contribution in [3.05, 3.63) is 29.8 Å². The summed E-state index contributed by atoms with van der Waals surface area (Å²) >= 11 is 0. The molecule has 5 nitrogen and oxygen atoms in total. The number of amides is 2. The highest BCUT2D eigenvalue weighted by atomic mass is 19.4. The van der Waals surface area contributed by atoms with Gasteiger partial charge < -0.3 is 15.1 Å². The molecule has 2 fully saturated rings. The number of nitrogens with one attached hydrogen (secondary N) is 2. The summed E-state index contributed by atoms with van der Waals surface area (Å²) in [5, 5.41) is 2.37. The lowest BCUT2D eigenvalue weighted by Gasteiger charge is -2.32. The van der Waals surface area contributed by atoms with Crippen LogP contribution in [0.15, 0.2) is 24.3 Å². The Balaban J connectivity index is 1.50. The standard InChI is InChI=1S/C18H22F3N3O2/c1-12-10-13(12)17(26)24-8-6-23(7-9-24)11-16(25)22-15-5-3-2-4-14(15)18(19,20)21/h2-5,12-13H,6-11H2,1H3,(H,22,25)/p+1/t12-,13-/m1/s1. The molecule has 2 N–H and O–H groups in total. The van der Waals surface area contributed by atoms with Crippen LogP contribution in [0.25, 0.3) is 0 Å². The molecule has 8 heteroatoms. The quantitative estimate of drug-likeness (QED) is 0.832. The number of hydrogen-bond donors (Lipinski definition) is 2. The number of hydrogen-bond acceptors (Lipinski definition) is 2. The van der Waals surface area contributed by atoms with Crippen LogP contribution in [0.1, 0.15) is 18.9 Å². The van der Waals surface area contributed by atoms with E-state index in [1.807, 2.05) is 4.90 Å². The fraction of sp³-hybridized carbons (Fsp3) is 0.556. The van der Waals surface area contributed by atoms with Crippen molar-refractivity contribution in [2.45, 2.75) is 19.5 Å². The predicted molar refractivity (Wildman–Crippen MR) is 89.5 cm³/mol. The average molecular weight is 370 g/mol. The van der Waals surface area contributed by atoms with Crippen LogP contribution in [0.5, 0.6) is 0 Å². The van der Waals surface area contributed by atoms with E-state index in [0.29, 0.717) is 32.1 Å². The number of anilines is 1. The lowest BCUT2D eigenvalue weighted by atomic mass is 10.1. The van der Waals surface area contributed by atoms with Gasteiger partial charge in [-0.15, -0.1) is 0 Å². The van der Waals surface area contributed by atoms with E-state index in [1.165, 1.54) is 18.2 Å². The van der Waals surface area contributed by atoms with Gasteiger partial charge in [-0.1, -0.05) is 19.1 Å². The Morgan fingerprint density at radius 2 is 1.85 bits per heavy atom. The third-order valence-electron chi connectivity index (χ3n) is 5.13. The van der Waals surface area contributed by atoms with E-state index >= 15 is 0 Å². The van der Waals surface area contributed by atoms with Gasteiger partial charge in [0, 0.05) is 5.92 Å². The predicted octanol–water partition coefficient (Wildman–Crippen LogP) is 1.03. The van der Waals surface area contributed by atoms with Crippen LogP contribution in [0.3, 0.4) is 0 Å². The fourth-order valence-corrected chi connectivity index (χ4v) is 3.38. The molecule has 3 rings (SSSR count). The number of rotatable bonds is 4. The van der Waals surface area contributed by atoms with Gasteiger partial charge in [0.1, 0.15) is 0 Å². The van der Waals surface area contributed by atoms with Gasteiger partial charge in [-0.05, 0) is 24.5 Å². The SMILES string of the molecule is C[C@@H]1C[C@H]1C(=O)N1CC[NH+](CC(=O)Nc2ccccc2C(F)(F)F)CC1. The number of carbonyl (C=O) groups excluding carboxylic acids is 2. The Morgan fingerprint density at radius 1 is 1.23 bits per heavy atom. The minimum Gasteiger partial charge on any atom is -0.331 e. The van der Waals surface area contributed by atoms with E-state index in [-0.39, 0.29) is 24.1 Å². The number of para-hydroxylation sites is 1. The molecule has 1 aromatic carbocycles. The molecule has 0 bridgehead atoms. The first-order valence-corrected chi connectivity index (χ1v) is 8.84. The molecule has 1 aliphatic carbocycles. The molecule has 26 heavy (non-hydrogen) atoms. The van der Waals surface area contributed by atoms with E-state index in [9.17, 15) is 22.8 Å². The summed E-state index contributed by atoms with van der Waals surface area (Å²) in [6, 6.07) is 4.96. The maximum absolute atomic E-state index is 13.0. The average Bonchev–Trinajstić information content (AvgIpc) is 3.31. The zero-order valence-electron chi connectivity index (χ0n) is 14.6. The minimum absolute atomic E-state index is 0.0913. The van der Waals surface area contributed by atoms with E-state index in [4.69, 9.17) is 0 Å². The van der Waals surface area contributed by atoms with Crippen LogP contribution in [-0.2, 0) is 15.8 Å². The maximum Gasteiger partial charge on any atom is 0.418 e. The molecule has 1 saturated carbocycles. The zero-order valence-corrected chi connectivity index (χ0v) is 14.6. The number of carbonyl (C=O) groups is 2. The normalized spacial score (nSPS) is 23.6. The van der Waals surface area contributed by atoms with Gasteiger partial charge in [-0.25, -0.2) is 0 Å². The van der Waals surface area contributed by atoms with E-state index in [1.54, 1.807) is 0 Å². The van der Waals surface area contributed by atoms with Crippen LogP contribution < -0.4 is 10.2 Å². The molecule has 0 spiro atoms. The van der Waals surface area contributed by atoms with Crippen molar-refractivity contribution in [3.8, 4) is 0 Å². The number of quaternary nitrogens is 1. The van der Waals surface area contributed by atoms with Gasteiger partial charge in [-0.3, -0.25) is 9.59 Å². The molecule has 2 aliphatic rings. The van der Waals surface area contributed by atoms with Crippen LogP contribution in [0.4, 0.5) is 18.9 Å². The molecule has 1 aliphatic heterocycles. The van der Waals surface area contributed by atoms with Crippen LogP contribution in [0, 0.1) is 11.8 Å². The Morgan fingerprint density at radius 3 is 2.42 bits per heavy atom. The summed E-state index contributed by atoms with van der Waals surface area (Å²) in [7, 11) is 0. The molecule has 2 atom stereocenters. The second-order valence-electron chi connectivity index (χ2n) is 7.16. The van der Waals surface area contributed by atoms with Crippen molar-refractivity contribution in [1.82, 2.24) is 4.90 Å². The smallest absolute Gasteiger partial charge is 0.331 e. The monoisotopic (exact) mass is 370 g/mol. The lowest BCUT2D eigenvalue weighted by molar-refractivity contribution is -0.895. The summed E-state index contributed by atoms with van der Waals surface area (Å²) in [4.78, 5) is 27.2. The van der Waals surface area contributed by atoms with Gasteiger partial charge in [0.25, 0.3) is 5.91 Å². The summed E-state index contributed by atoms with van der Waals surface area (Å²) in [6.07, 6.45) is -3.56. The number of piperazine rings is 1. The van der Waals surface area contributed by atoms with Crippen molar-refractivity contribution >= 4 is 17.5 Å². The minimum atomic E-state index is -4.51. The van der Waals surface area contributed by atoms with Crippen LogP contribution in [-0.4, -0.2) is 49.4 Å². The van der Waals surface area contributed by atoms with Crippen molar-refractivity contribution in [3.63, 3.8) is 0 Å². The maximum atomic E-state index is 13.0. The largest absolute Gasteiger partial charge is 0.418 e. The number of nitrogens with zero attached hydrogens (tertiary/aromatic N) is 1. The highest BCUT2D eigenvalue weighted by molar-refractivity contribution is 5.92. The summed E-state index contributed by atoms with van der Waals surface area (Å²) < 4.78 is 38.9. The third-order valence-corrected chi connectivity index (χ3v) is 5.13. The second kappa shape index (κ2) is 7.26. The highest BCUT2D eigenvalue weighted by Gasteiger charge is 2.42. The van der Waals surface area contributed by atoms with Crippen molar-refractivity contribution < 1.29 is 27.7 Å². The third kappa shape index (κ3) is 4.35. The molecule has 1 heterocycles. The van der Waals surface area contributed by atoms with Gasteiger partial charge in [0.2, 0.25) is 5.91 Å². The molecule has 1 saturated heterocycles. The van der Waals surface area contributed by atoms with Crippen LogP contribution >= 0.6 is 0 Å². The highest BCUT2D eigenvalue weighted by Crippen LogP contribution is 2.39. The van der Waals surface area contributed by atoms with E-state index in [0.717, 1.165) is 17.4 Å². The van der Waals surface area contributed by atoms with Crippen molar-refractivity contribution in [2.75, 3.05) is 38.0 Å². The summed E-state index contributed by atoms with van der Waals surface area (Å²) in [6.45, 7) is 4.58. The fourth-order valence-electron chi connectivity index (χ4n) is 3.38. The first kappa shape index (κ1) is 18.7. The molecule has 0 aromatic heterocycles. The summed E-state index contributed by atoms with van der Waals surface area (Å²) in [5.74, 6) is 0.360. The van der Waals surface area contributed by atoms with Crippen LogP contribution in [0.2, 0.25) is 0 Å². The Bertz CT molecular complexity index is 685. The zero-order chi connectivity index (χ0) is 18.9. The first-order chi connectivity index (χ1) is 12.3. The molecule has 142 valence electrons. The molecule has 0 radical (unpaired) electrons. The number of alkyl halides is 3. The first-order valence-electron chi connectivity index (χ1n) is 8.84. The Hall–Kier alpha value is -2.09. The Kier molecular flexibility index (Phi) is 5.22.